The van der Waals surface area contributed by atoms with Gasteiger partial charge in [-0.3, -0.25) is 4.79 Å². The molecule has 1 unspecified atom stereocenters. The lowest BCUT2D eigenvalue weighted by Gasteiger charge is -2.32. The number of halogens is 3. The Kier molecular flexibility index (Phi) is 5.29. The van der Waals surface area contributed by atoms with Crippen molar-refractivity contribution < 1.29 is 18.0 Å². The van der Waals surface area contributed by atoms with Crippen molar-refractivity contribution in [3.63, 3.8) is 0 Å². The van der Waals surface area contributed by atoms with E-state index in [4.69, 9.17) is 0 Å². The summed E-state index contributed by atoms with van der Waals surface area (Å²) in [5, 5.41) is 2.97. The fourth-order valence-corrected chi connectivity index (χ4v) is 2.76. The number of rotatable bonds is 6. The van der Waals surface area contributed by atoms with Crippen LogP contribution in [0.4, 0.5) is 13.2 Å². The summed E-state index contributed by atoms with van der Waals surface area (Å²) in [4.78, 5) is 13.7. The van der Waals surface area contributed by atoms with E-state index in [1.165, 1.54) is 0 Å². The van der Waals surface area contributed by atoms with Crippen LogP contribution in [0, 0.1) is 11.8 Å². The van der Waals surface area contributed by atoms with Crippen molar-refractivity contribution in [2.75, 3.05) is 26.2 Å². The molecule has 0 aromatic heterocycles. The van der Waals surface area contributed by atoms with Gasteiger partial charge in [0.2, 0.25) is 5.91 Å². The average Bonchev–Trinajstić information content (AvgIpc) is 3.19. The maximum atomic E-state index is 12.1. The molecule has 1 aliphatic heterocycles. The smallest absolute Gasteiger partial charge is 0.356 e. The molecular weight excluding hydrogens is 269 g/mol. The van der Waals surface area contributed by atoms with E-state index in [0.717, 1.165) is 38.8 Å². The number of nitrogens with one attached hydrogen (secondary N) is 1. The van der Waals surface area contributed by atoms with Crippen LogP contribution in [0.3, 0.4) is 0 Å². The third-order valence-corrected chi connectivity index (χ3v) is 4.05. The number of hydrogen-bond acceptors (Lipinski definition) is 2. The van der Waals surface area contributed by atoms with E-state index in [1.54, 1.807) is 0 Å². The summed E-state index contributed by atoms with van der Waals surface area (Å²) < 4.78 is 36.3. The van der Waals surface area contributed by atoms with Gasteiger partial charge < -0.3 is 10.2 Å². The quantitative estimate of drug-likeness (QED) is 0.816. The van der Waals surface area contributed by atoms with E-state index in [-0.39, 0.29) is 18.2 Å². The van der Waals surface area contributed by atoms with Crippen molar-refractivity contribution in [3.05, 3.63) is 0 Å². The Morgan fingerprint density at radius 2 is 2.00 bits per heavy atom. The number of alkyl halides is 3. The molecule has 1 amide bonds. The largest absolute Gasteiger partial charge is 0.389 e. The highest BCUT2D eigenvalue weighted by Gasteiger charge is 2.30. The van der Waals surface area contributed by atoms with Crippen LogP contribution in [-0.4, -0.2) is 43.2 Å². The first kappa shape index (κ1) is 15.6. The molecule has 0 aromatic carbocycles. The monoisotopic (exact) mass is 292 g/mol. The number of piperidine rings is 1. The molecule has 2 fully saturated rings. The zero-order valence-corrected chi connectivity index (χ0v) is 11.7. The number of hydrogen-bond donors (Lipinski definition) is 1. The highest BCUT2D eigenvalue weighted by molar-refractivity contribution is 5.80. The fourth-order valence-electron chi connectivity index (χ4n) is 2.76. The van der Waals surface area contributed by atoms with Crippen molar-refractivity contribution >= 4 is 5.91 Å². The fraction of sp³-hybridized carbons (Fsp3) is 0.929. The van der Waals surface area contributed by atoms with Crippen LogP contribution >= 0.6 is 0 Å². The van der Waals surface area contributed by atoms with Crippen molar-refractivity contribution in [2.45, 2.75) is 44.7 Å². The van der Waals surface area contributed by atoms with Gasteiger partial charge in [0.05, 0.1) is 0 Å². The Morgan fingerprint density at radius 3 is 2.65 bits per heavy atom. The maximum absolute atomic E-state index is 12.1. The van der Waals surface area contributed by atoms with Crippen LogP contribution in [0.1, 0.15) is 38.5 Å². The number of nitrogens with zero attached hydrogens (tertiary/aromatic N) is 1. The van der Waals surface area contributed by atoms with E-state index in [9.17, 15) is 18.0 Å². The van der Waals surface area contributed by atoms with E-state index in [0.29, 0.717) is 19.0 Å². The number of likely N-dealkylation sites (tertiary alicyclic amines) is 1. The summed E-state index contributed by atoms with van der Waals surface area (Å²) in [5.41, 5.74) is 0. The first-order chi connectivity index (χ1) is 9.44. The molecule has 20 heavy (non-hydrogen) atoms. The van der Waals surface area contributed by atoms with E-state index >= 15 is 0 Å². The van der Waals surface area contributed by atoms with Gasteiger partial charge in [-0.25, -0.2) is 0 Å². The van der Waals surface area contributed by atoms with Gasteiger partial charge in [0.15, 0.2) is 0 Å². The Balaban J connectivity index is 1.62. The van der Waals surface area contributed by atoms with E-state index < -0.39 is 12.6 Å². The van der Waals surface area contributed by atoms with Crippen LogP contribution in [0.5, 0.6) is 0 Å². The van der Waals surface area contributed by atoms with E-state index in [2.05, 4.69) is 10.2 Å². The van der Waals surface area contributed by atoms with Crippen molar-refractivity contribution in [3.8, 4) is 0 Å². The molecule has 6 heteroatoms. The molecule has 0 radical (unpaired) electrons. The number of carbonyl (C=O) groups is 1. The summed E-state index contributed by atoms with van der Waals surface area (Å²) in [7, 11) is 0. The van der Waals surface area contributed by atoms with Crippen molar-refractivity contribution in [1.29, 1.82) is 0 Å². The van der Waals surface area contributed by atoms with Crippen molar-refractivity contribution in [2.24, 2.45) is 11.8 Å². The summed E-state index contributed by atoms with van der Waals surface area (Å²) in [6, 6.07) is 0. The van der Waals surface area contributed by atoms with Crippen LogP contribution in [0.2, 0.25) is 0 Å². The maximum Gasteiger partial charge on any atom is 0.389 e. The zero-order chi connectivity index (χ0) is 14.6. The van der Waals surface area contributed by atoms with Gasteiger partial charge in [-0.1, -0.05) is 0 Å². The molecule has 1 aliphatic carbocycles. The highest BCUT2D eigenvalue weighted by atomic mass is 19.4. The summed E-state index contributed by atoms with van der Waals surface area (Å²) >= 11 is 0. The molecule has 1 saturated carbocycles. The second kappa shape index (κ2) is 6.78. The van der Waals surface area contributed by atoms with Crippen LogP contribution in [0.15, 0.2) is 0 Å². The normalized spacial score (nSPS) is 24.6. The molecule has 2 aliphatic rings. The third-order valence-electron chi connectivity index (χ3n) is 4.05. The Hall–Kier alpha value is -0.780. The molecule has 0 spiro atoms. The molecule has 0 bridgehead atoms. The minimum absolute atomic E-state index is 0.152. The lowest BCUT2D eigenvalue weighted by molar-refractivity contribution is -0.136. The second-order valence-electron chi connectivity index (χ2n) is 6.05. The molecule has 116 valence electrons. The minimum atomic E-state index is -4.05. The third kappa shape index (κ3) is 5.69. The van der Waals surface area contributed by atoms with E-state index in [1.807, 2.05) is 0 Å². The summed E-state index contributed by atoms with van der Waals surface area (Å²) in [5.74, 6) is 0.762. The van der Waals surface area contributed by atoms with Crippen LogP contribution in [-0.2, 0) is 4.79 Å². The molecule has 1 heterocycles. The summed E-state index contributed by atoms with van der Waals surface area (Å²) in [6.45, 7) is 2.87. The zero-order valence-electron chi connectivity index (χ0n) is 11.7. The van der Waals surface area contributed by atoms with Gasteiger partial charge in [0.1, 0.15) is 0 Å². The Morgan fingerprint density at radius 1 is 1.25 bits per heavy atom. The summed E-state index contributed by atoms with van der Waals surface area (Å²) in [6.07, 6.45) is -0.512. The Bertz CT molecular complexity index is 329. The van der Waals surface area contributed by atoms with Crippen molar-refractivity contribution in [1.82, 2.24) is 10.2 Å². The number of carbonyl (C=O) groups excluding carboxylic acids is 1. The van der Waals surface area contributed by atoms with Gasteiger partial charge in [0, 0.05) is 25.4 Å². The van der Waals surface area contributed by atoms with Gasteiger partial charge in [-0.05, 0) is 51.1 Å². The predicted molar refractivity (Wildman–Crippen MR) is 70.2 cm³/mol. The molecule has 3 nitrogen and oxygen atoms in total. The average molecular weight is 292 g/mol. The molecule has 1 N–H and O–H groups in total. The lowest BCUT2D eigenvalue weighted by atomic mass is 9.97. The molecule has 1 saturated heterocycles. The standard InChI is InChI=1S/C14H23F3N2O/c15-14(16,17)6-2-8-19-7-1-3-11(10-19)9-18-13(20)12-4-5-12/h11-12H,1-10H2,(H,18,20). The topological polar surface area (TPSA) is 32.3 Å². The molecule has 1 atom stereocenters. The molecule has 2 rings (SSSR count). The van der Waals surface area contributed by atoms with Gasteiger partial charge >= 0.3 is 6.18 Å². The van der Waals surface area contributed by atoms with Crippen LogP contribution in [0.25, 0.3) is 0 Å². The number of amides is 1. The highest BCUT2D eigenvalue weighted by Crippen LogP contribution is 2.29. The minimum Gasteiger partial charge on any atom is -0.356 e. The van der Waals surface area contributed by atoms with Crippen LogP contribution < -0.4 is 5.32 Å². The molecule has 0 aromatic rings. The lowest BCUT2D eigenvalue weighted by Crippen LogP contribution is -2.41. The Labute approximate surface area is 117 Å². The van der Waals surface area contributed by atoms with Gasteiger partial charge in [0.25, 0.3) is 0 Å². The SMILES string of the molecule is O=C(NCC1CCCN(CCCC(F)(F)F)C1)C1CC1. The van der Waals surface area contributed by atoms with Gasteiger partial charge in [-0.2, -0.15) is 13.2 Å². The predicted octanol–water partition coefficient (Wildman–Crippen LogP) is 2.57. The molecular formula is C14H23F3N2O. The first-order valence-corrected chi connectivity index (χ1v) is 7.51. The van der Waals surface area contributed by atoms with Gasteiger partial charge in [-0.15, -0.1) is 0 Å². The first-order valence-electron chi connectivity index (χ1n) is 7.51. The second-order valence-corrected chi connectivity index (χ2v) is 6.05.